The number of nitrogens with zero attached hydrogens (tertiary/aromatic N) is 2. The van der Waals surface area contributed by atoms with Crippen molar-refractivity contribution in [1.82, 2.24) is 5.43 Å². The van der Waals surface area contributed by atoms with Crippen molar-refractivity contribution >= 4 is 29.4 Å². The monoisotopic (exact) mass is 303 g/mol. The molecule has 0 aliphatic rings. The number of nitrogens with one attached hydrogen (secondary N) is 1. The number of non-ortho nitro benzene ring substituents is 1. The topological polar surface area (TPSA) is 84.6 Å². The van der Waals surface area contributed by atoms with Gasteiger partial charge in [0.2, 0.25) is 0 Å². The molecule has 0 unspecified atom stereocenters. The van der Waals surface area contributed by atoms with Crippen LogP contribution in [0.3, 0.4) is 0 Å². The fourth-order valence-electron chi connectivity index (χ4n) is 1.57. The van der Waals surface area contributed by atoms with Gasteiger partial charge in [-0.05, 0) is 12.1 Å². The number of hydrazone groups is 1. The predicted molar refractivity (Wildman–Crippen MR) is 79.6 cm³/mol. The molecule has 0 heterocycles. The van der Waals surface area contributed by atoms with Gasteiger partial charge in [0, 0.05) is 28.3 Å². The third-order valence-electron chi connectivity index (χ3n) is 2.59. The molecule has 0 aliphatic heterocycles. The number of benzene rings is 2. The van der Waals surface area contributed by atoms with E-state index in [4.69, 9.17) is 11.6 Å². The third-order valence-corrected chi connectivity index (χ3v) is 2.94. The standard InChI is InChI=1S/C14H10ClN3O3/c15-13-7-2-1-4-11(13)9-16-17-14(19)10-5-3-6-12(8-10)18(20)21/h1-9H,(H,17,19). The summed E-state index contributed by atoms with van der Waals surface area (Å²) in [6.07, 6.45) is 1.40. The first-order chi connectivity index (χ1) is 10.1. The molecule has 0 bridgehead atoms. The van der Waals surface area contributed by atoms with Crippen molar-refractivity contribution in [2.75, 3.05) is 0 Å². The maximum atomic E-state index is 11.8. The quantitative estimate of drug-likeness (QED) is 0.535. The highest BCUT2D eigenvalue weighted by Crippen LogP contribution is 2.13. The van der Waals surface area contributed by atoms with Crippen LogP contribution in [-0.4, -0.2) is 17.0 Å². The first-order valence-corrected chi connectivity index (χ1v) is 6.28. The normalized spacial score (nSPS) is 10.5. The summed E-state index contributed by atoms with van der Waals surface area (Å²) in [5.41, 5.74) is 2.94. The average Bonchev–Trinajstić information content (AvgIpc) is 2.49. The Kier molecular flexibility index (Phi) is 4.63. The van der Waals surface area contributed by atoms with Gasteiger partial charge in [-0.2, -0.15) is 5.10 Å². The number of rotatable bonds is 4. The van der Waals surface area contributed by atoms with Crippen molar-refractivity contribution in [3.63, 3.8) is 0 Å². The Hall–Kier alpha value is -2.73. The highest BCUT2D eigenvalue weighted by atomic mass is 35.5. The van der Waals surface area contributed by atoms with E-state index < -0.39 is 10.8 Å². The van der Waals surface area contributed by atoms with E-state index >= 15 is 0 Å². The number of hydrogen-bond acceptors (Lipinski definition) is 4. The van der Waals surface area contributed by atoms with Crippen molar-refractivity contribution in [3.05, 3.63) is 74.8 Å². The Balaban J connectivity index is 2.07. The molecule has 0 atom stereocenters. The Labute approximate surface area is 125 Å². The van der Waals surface area contributed by atoms with Gasteiger partial charge in [-0.15, -0.1) is 0 Å². The summed E-state index contributed by atoms with van der Waals surface area (Å²) in [7, 11) is 0. The zero-order valence-corrected chi connectivity index (χ0v) is 11.4. The summed E-state index contributed by atoms with van der Waals surface area (Å²) in [5.74, 6) is -0.540. The smallest absolute Gasteiger partial charge is 0.267 e. The first kappa shape index (κ1) is 14.7. The van der Waals surface area contributed by atoms with E-state index in [1.54, 1.807) is 24.3 Å². The molecule has 21 heavy (non-hydrogen) atoms. The number of nitro benzene ring substituents is 1. The number of hydrogen-bond donors (Lipinski definition) is 1. The Morgan fingerprint density at radius 1 is 1.24 bits per heavy atom. The third kappa shape index (κ3) is 3.87. The lowest BCUT2D eigenvalue weighted by atomic mass is 10.2. The van der Waals surface area contributed by atoms with Crippen LogP contribution >= 0.6 is 11.6 Å². The number of halogens is 1. The molecule has 2 aromatic rings. The van der Waals surface area contributed by atoms with Gasteiger partial charge in [0.25, 0.3) is 11.6 Å². The second-order valence-corrected chi connectivity index (χ2v) is 4.44. The molecule has 0 aromatic heterocycles. The number of nitro groups is 1. The van der Waals surface area contributed by atoms with Crippen molar-refractivity contribution in [2.45, 2.75) is 0 Å². The van der Waals surface area contributed by atoms with Crippen LogP contribution in [0.5, 0.6) is 0 Å². The van der Waals surface area contributed by atoms with Gasteiger partial charge in [0.15, 0.2) is 0 Å². The first-order valence-electron chi connectivity index (χ1n) is 5.90. The number of carbonyl (C=O) groups is 1. The predicted octanol–water partition coefficient (Wildman–Crippen LogP) is 3.01. The average molecular weight is 304 g/mol. The lowest BCUT2D eigenvalue weighted by molar-refractivity contribution is -0.384. The van der Waals surface area contributed by atoms with Crippen LogP contribution in [0.25, 0.3) is 0 Å². The van der Waals surface area contributed by atoms with Gasteiger partial charge in [-0.1, -0.05) is 35.9 Å². The van der Waals surface area contributed by atoms with E-state index in [0.29, 0.717) is 10.6 Å². The summed E-state index contributed by atoms with van der Waals surface area (Å²) in [6, 6.07) is 12.4. The van der Waals surface area contributed by atoms with Crippen molar-refractivity contribution in [2.24, 2.45) is 5.10 Å². The second-order valence-electron chi connectivity index (χ2n) is 4.03. The Bertz CT molecular complexity index is 716. The summed E-state index contributed by atoms with van der Waals surface area (Å²) >= 11 is 5.93. The van der Waals surface area contributed by atoms with Gasteiger partial charge >= 0.3 is 0 Å². The van der Waals surface area contributed by atoms with Gasteiger partial charge in [-0.3, -0.25) is 14.9 Å². The zero-order chi connectivity index (χ0) is 15.2. The lowest BCUT2D eigenvalue weighted by Crippen LogP contribution is -2.17. The lowest BCUT2D eigenvalue weighted by Gasteiger charge is -2.00. The maximum absolute atomic E-state index is 11.8. The highest BCUT2D eigenvalue weighted by molar-refractivity contribution is 6.33. The van der Waals surface area contributed by atoms with Gasteiger partial charge < -0.3 is 0 Å². The summed E-state index contributed by atoms with van der Waals surface area (Å²) in [4.78, 5) is 21.9. The van der Waals surface area contributed by atoms with Crippen molar-refractivity contribution < 1.29 is 9.72 Å². The molecule has 0 spiro atoms. The summed E-state index contributed by atoms with van der Waals surface area (Å²) in [5, 5.41) is 14.9. The minimum Gasteiger partial charge on any atom is -0.267 e. The van der Waals surface area contributed by atoms with Crippen LogP contribution in [0.1, 0.15) is 15.9 Å². The van der Waals surface area contributed by atoms with E-state index in [1.165, 1.54) is 30.5 Å². The van der Waals surface area contributed by atoms with Crippen LogP contribution in [0.2, 0.25) is 5.02 Å². The molecule has 2 rings (SSSR count). The van der Waals surface area contributed by atoms with Crippen LogP contribution in [0.15, 0.2) is 53.6 Å². The molecular weight excluding hydrogens is 294 g/mol. The van der Waals surface area contributed by atoms with Crippen molar-refractivity contribution in [3.8, 4) is 0 Å². The van der Waals surface area contributed by atoms with Crippen LogP contribution in [-0.2, 0) is 0 Å². The van der Waals surface area contributed by atoms with Gasteiger partial charge in [0.05, 0.1) is 11.1 Å². The van der Waals surface area contributed by atoms with Crippen LogP contribution in [0, 0.1) is 10.1 Å². The van der Waals surface area contributed by atoms with E-state index in [-0.39, 0.29) is 11.3 Å². The van der Waals surface area contributed by atoms with E-state index in [9.17, 15) is 14.9 Å². The molecule has 0 fully saturated rings. The Morgan fingerprint density at radius 2 is 2.00 bits per heavy atom. The summed E-state index contributed by atoms with van der Waals surface area (Å²) in [6.45, 7) is 0. The SMILES string of the molecule is O=C(NN=Cc1ccccc1Cl)c1cccc([N+](=O)[O-])c1. The molecule has 6 nitrogen and oxygen atoms in total. The molecule has 0 saturated carbocycles. The molecule has 0 saturated heterocycles. The van der Waals surface area contributed by atoms with Gasteiger partial charge in [-0.25, -0.2) is 5.43 Å². The largest absolute Gasteiger partial charge is 0.271 e. The maximum Gasteiger partial charge on any atom is 0.271 e. The number of amides is 1. The van der Waals surface area contributed by atoms with Crippen LogP contribution in [0.4, 0.5) is 5.69 Å². The molecule has 1 N–H and O–H groups in total. The fraction of sp³-hybridized carbons (Fsp3) is 0. The van der Waals surface area contributed by atoms with Crippen molar-refractivity contribution in [1.29, 1.82) is 0 Å². The van der Waals surface area contributed by atoms with E-state index in [2.05, 4.69) is 10.5 Å². The Morgan fingerprint density at radius 3 is 2.71 bits per heavy atom. The molecular formula is C14H10ClN3O3. The molecule has 106 valence electrons. The summed E-state index contributed by atoms with van der Waals surface area (Å²) < 4.78 is 0. The van der Waals surface area contributed by atoms with E-state index in [0.717, 1.165) is 0 Å². The number of carbonyl (C=O) groups excluding carboxylic acids is 1. The highest BCUT2D eigenvalue weighted by Gasteiger charge is 2.10. The second kappa shape index (κ2) is 6.62. The van der Waals surface area contributed by atoms with Gasteiger partial charge in [0.1, 0.15) is 0 Å². The molecule has 2 aromatic carbocycles. The zero-order valence-electron chi connectivity index (χ0n) is 10.7. The molecule has 0 aliphatic carbocycles. The minimum atomic E-state index is -0.566. The molecule has 7 heteroatoms. The minimum absolute atomic E-state index is 0.153. The molecule has 0 radical (unpaired) electrons. The van der Waals surface area contributed by atoms with E-state index in [1.807, 2.05) is 0 Å². The van der Waals surface area contributed by atoms with Crippen LogP contribution < -0.4 is 5.43 Å². The molecule has 1 amide bonds. The fourth-order valence-corrected chi connectivity index (χ4v) is 1.75.